The van der Waals surface area contributed by atoms with Crippen LogP contribution in [0.4, 0.5) is 170 Å². The third-order valence-electron chi connectivity index (χ3n) is 9.04. The summed E-state index contributed by atoms with van der Waals surface area (Å²) in [5.41, 5.74) is -1.64. The van der Waals surface area contributed by atoms with Crippen molar-refractivity contribution in [2.45, 2.75) is 101 Å². The molecule has 0 heterocycles. The highest BCUT2D eigenvalue weighted by Crippen LogP contribution is 2.66. The maximum atomic E-state index is 14.2. The SMILES string of the molecule is Cc1ccc(NC(=O)OCCNS(=O)(=O)C(F)(F)C(F)(F)C(F)(F)C(F)(F)C(F)(F)C(F)(F)C(F)(F)C(F)(F)F)cc1NC(=O)OCCNS(=O)(=O)C(F)(F)C(F)(F)C(F)(F)C(F)(F)C(F)(F)C(F)(F)C(F)(F)C(F)(F)F. The Balaban J connectivity index is 3.10. The smallest absolute Gasteiger partial charge is 0.448 e. The molecule has 1 rings (SSSR count). The monoisotopic (exact) mass is 1260 g/mol. The van der Waals surface area contributed by atoms with Crippen molar-refractivity contribution in [2.75, 3.05) is 36.9 Å². The van der Waals surface area contributed by atoms with Gasteiger partial charge in [0.05, 0.1) is 0 Å². The first-order valence-electron chi connectivity index (χ1n) is 17.7. The standard InChI is InChI=1S/C29H18F34N4O8S2/c1-9-2-3-10(66-12(68)74-6-4-64-76(70,71)28(60,61)24(50,51)20(42,43)16(34,35)14(30,31)18(38,39)22(46,47)26(54,55)56)8-11(9)67-13(69)75-7-5-65-77(72,73)29(62,63)25(52,53)21(44,45)17(36,37)15(32,33)19(40,41)23(48,49)27(57,58)59/h2-3,8,64-65H,4-7H2,1H3,(H,66,68)(H,67,69). The molecule has 0 unspecified atom stereocenters. The van der Waals surface area contributed by atoms with E-state index in [2.05, 4.69) is 9.47 Å². The largest absolute Gasteiger partial charge is 0.460 e. The number of anilines is 2. The van der Waals surface area contributed by atoms with Crippen LogP contribution in [0.25, 0.3) is 0 Å². The molecule has 12 nitrogen and oxygen atoms in total. The molecule has 0 saturated carbocycles. The molecular formula is C29H18F34N4O8S2. The predicted octanol–water partition coefficient (Wildman–Crippen LogP) is 10.9. The molecule has 0 bridgehead atoms. The fourth-order valence-electron chi connectivity index (χ4n) is 4.59. The van der Waals surface area contributed by atoms with Gasteiger partial charge in [-0.05, 0) is 24.6 Å². The van der Waals surface area contributed by atoms with Gasteiger partial charge in [-0.25, -0.2) is 35.9 Å². The van der Waals surface area contributed by atoms with Gasteiger partial charge >= 0.3 is 106 Å². The second-order valence-corrected chi connectivity index (χ2v) is 17.9. The summed E-state index contributed by atoms with van der Waals surface area (Å²) in [6.07, 6.45) is -20.2. The number of alkyl halides is 34. The predicted molar refractivity (Wildman–Crippen MR) is 176 cm³/mol. The maximum Gasteiger partial charge on any atom is 0.460 e. The van der Waals surface area contributed by atoms with Crippen molar-refractivity contribution < 1.29 is 185 Å². The lowest BCUT2D eigenvalue weighted by Gasteiger charge is -2.42. The molecule has 0 aliphatic rings. The van der Waals surface area contributed by atoms with Gasteiger partial charge in [-0.15, -0.1) is 0 Å². The molecule has 0 spiro atoms. The van der Waals surface area contributed by atoms with Gasteiger partial charge < -0.3 is 9.47 Å². The molecule has 2 amide bonds. The number of halogens is 34. The van der Waals surface area contributed by atoms with Crippen LogP contribution in [0.5, 0.6) is 0 Å². The molecule has 4 N–H and O–H groups in total. The van der Waals surface area contributed by atoms with E-state index in [1.54, 1.807) is 10.6 Å². The molecular weight excluding hydrogens is 1240 g/mol. The first kappa shape index (κ1) is 70.2. The van der Waals surface area contributed by atoms with E-state index in [1.807, 2.05) is 0 Å². The third-order valence-corrected chi connectivity index (χ3v) is 12.1. The van der Waals surface area contributed by atoms with E-state index in [-0.39, 0.29) is 15.0 Å². The van der Waals surface area contributed by atoms with Crippen molar-refractivity contribution in [1.29, 1.82) is 0 Å². The van der Waals surface area contributed by atoms with E-state index in [1.165, 1.54) is 0 Å². The van der Waals surface area contributed by atoms with Crippen LogP contribution in [-0.2, 0) is 29.5 Å². The van der Waals surface area contributed by atoms with E-state index in [0.717, 1.165) is 19.1 Å². The quantitative estimate of drug-likeness (QED) is 0.0586. The first-order chi connectivity index (χ1) is 33.4. The Morgan fingerprint density at radius 3 is 0.909 bits per heavy atom. The highest BCUT2D eigenvalue weighted by atomic mass is 32.2. The van der Waals surface area contributed by atoms with Crippen LogP contribution >= 0.6 is 0 Å². The number of carbonyl (C=O) groups excluding carboxylic acids is 2. The molecule has 77 heavy (non-hydrogen) atoms. The number of carbonyl (C=O) groups is 2. The number of ether oxygens (including phenoxy) is 2. The Morgan fingerprint density at radius 1 is 0.390 bits per heavy atom. The molecule has 0 aliphatic carbocycles. The van der Waals surface area contributed by atoms with Crippen LogP contribution in [0, 0.1) is 6.92 Å². The Morgan fingerprint density at radius 2 is 0.636 bits per heavy atom. The molecule has 48 heteroatoms. The Bertz CT molecular complexity index is 2550. The number of hydrogen-bond donors (Lipinski definition) is 4. The average Bonchev–Trinajstić information content (AvgIpc) is 3.23. The Labute approximate surface area is 400 Å². The lowest BCUT2D eigenvalue weighted by atomic mass is 9.91. The van der Waals surface area contributed by atoms with Crippen molar-refractivity contribution >= 4 is 43.6 Å². The summed E-state index contributed by atoms with van der Waals surface area (Å²) in [5.74, 6) is -107. The Hall–Kier alpha value is -4.80. The van der Waals surface area contributed by atoms with Crippen molar-refractivity contribution in [3.05, 3.63) is 23.8 Å². The molecule has 0 fully saturated rings. The molecule has 0 aromatic heterocycles. The van der Waals surface area contributed by atoms with E-state index in [4.69, 9.17) is 0 Å². The van der Waals surface area contributed by atoms with Crippen LogP contribution in [0.1, 0.15) is 5.56 Å². The average molecular weight is 1260 g/mol. The summed E-state index contributed by atoms with van der Waals surface area (Å²) in [7, 11) is -15.7. The summed E-state index contributed by atoms with van der Waals surface area (Å²) < 4.78 is 513. The van der Waals surface area contributed by atoms with Crippen LogP contribution < -0.4 is 20.1 Å². The molecule has 1 aromatic carbocycles. The zero-order valence-corrected chi connectivity index (χ0v) is 36.6. The summed E-state index contributed by atoms with van der Waals surface area (Å²) in [6, 6.07) is 2.08. The van der Waals surface area contributed by atoms with E-state index < -0.39 is 164 Å². The molecule has 452 valence electrons. The second kappa shape index (κ2) is 20.4. The number of nitrogens with one attached hydrogen (secondary N) is 4. The summed E-state index contributed by atoms with van der Waals surface area (Å²) in [5, 5.41) is -12.8. The normalized spacial score (nSPS) is 15.6. The van der Waals surface area contributed by atoms with Gasteiger partial charge in [-0.3, -0.25) is 10.6 Å². The number of aryl methyl sites for hydroxylation is 1. The maximum absolute atomic E-state index is 14.2. The van der Waals surface area contributed by atoms with E-state index in [9.17, 15) is 176 Å². The van der Waals surface area contributed by atoms with Crippen molar-refractivity contribution in [2.24, 2.45) is 0 Å². The van der Waals surface area contributed by atoms with E-state index >= 15 is 0 Å². The highest BCUT2D eigenvalue weighted by Gasteiger charge is 2.98. The van der Waals surface area contributed by atoms with Crippen LogP contribution in [-0.4, -0.2) is 149 Å². The van der Waals surface area contributed by atoms with Gasteiger partial charge in [0.2, 0.25) is 0 Å². The van der Waals surface area contributed by atoms with Crippen molar-refractivity contribution in [3.63, 3.8) is 0 Å². The Kier molecular flexibility index (Phi) is 18.6. The molecule has 0 aliphatic heterocycles. The zero-order valence-electron chi connectivity index (χ0n) is 35.0. The van der Waals surface area contributed by atoms with Gasteiger partial charge in [0.15, 0.2) is 0 Å². The minimum atomic E-state index is -9.14. The second-order valence-electron chi connectivity index (χ2n) is 14.3. The number of sulfonamides is 2. The van der Waals surface area contributed by atoms with Crippen LogP contribution in [0.2, 0.25) is 0 Å². The molecule has 0 saturated heterocycles. The molecule has 0 atom stereocenters. The fourth-order valence-corrected chi connectivity index (χ4v) is 6.59. The van der Waals surface area contributed by atoms with Gasteiger partial charge in [0.1, 0.15) is 13.2 Å². The zero-order chi connectivity index (χ0) is 62.1. The fraction of sp³-hybridized carbons (Fsp3) is 0.724. The summed E-state index contributed by atoms with van der Waals surface area (Å²) in [6.45, 7) is -6.92. The lowest BCUT2D eigenvalue weighted by molar-refractivity contribution is -0.458. The van der Waals surface area contributed by atoms with Gasteiger partial charge in [0.25, 0.3) is 20.0 Å². The first-order valence-corrected chi connectivity index (χ1v) is 20.7. The highest BCUT2D eigenvalue weighted by molar-refractivity contribution is 7.90. The third kappa shape index (κ3) is 11.0. The molecule has 1 aromatic rings. The number of benzene rings is 1. The van der Waals surface area contributed by atoms with Gasteiger partial charge in [-0.2, -0.15) is 149 Å². The van der Waals surface area contributed by atoms with E-state index in [0.29, 0.717) is 6.07 Å². The number of amides is 2. The van der Waals surface area contributed by atoms with Crippen LogP contribution in [0.3, 0.4) is 0 Å². The van der Waals surface area contributed by atoms with Gasteiger partial charge in [-0.1, -0.05) is 6.07 Å². The van der Waals surface area contributed by atoms with Crippen molar-refractivity contribution in [1.82, 2.24) is 9.44 Å². The minimum absolute atomic E-state index is 0.101. The number of rotatable bonds is 24. The van der Waals surface area contributed by atoms with Crippen molar-refractivity contribution in [3.8, 4) is 0 Å². The summed E-state index contributed by atoms with van der Waals surface area (Å²) in [4.78, 5) is 24.1. The topological polar surface area (TPSA) is 169 Å². The van der Waals surface area contributed by atoms with Crippen LogP contribution in [0.15, 0.2) is 18.2 Å². The number of hydrogen-bond acceptors (Lipinski definition) is 8. The summed E-state index contributed by atoms with van der Waals surface area (Å²) >= 11 is 0. The lowest BCUT2D eigenvalue weighted by Crippen LogP contribution is -2.75. The minimum Gasteiger partial charge on any atom is -0.448 e. The molecule has 0 radical (unpaired) electrons. The van der Waals surface area contributed by atoms with Gasteiger partial charge in [0, 0.05) is 24.5 Å².